The van der Waals surface area contributed by atoms with Gasteiger partial charge in [0, 0.05) is 32.8 Å². The lowest BCUT2D eigenvalue weighted by atomic mass is 9.79. The first kappa shape index (κ1) is 14.9. The fourth-order valence-electron chi connectivity index (χ4n) is 2.55. The Morgan fingerprint density at radius 3 is 2.59 bits per heavy atom. The Bertz CT molecular complexity index is 199. The van der Waals surface area contributed by atoms with E-state index in [0.717, 1.165) is 44.1 Å². The zero-order valence-corrected chi connectivity index (χ0v) is 12.0. The summed E-state index contributed by atoms with van der Waals surface area (Å²) in [6.45, 7) is 8.85. The molecule has 0 heterocycles. The highest BCUT2D eigenvalue weighted by atomic mass is 16.5. The largest absolute Gasteiger partial charge is 0.383 e. The predicted molar refractivity (Wildman–Crippen MR) is 73.3 cm³/mol. The highest BCUT2D eigenvalue weighted by Gasteiger charge is 2.23. The molecule has 1 saturated carbocycles. The molecule has 0 aromatic carbocycles. The van der Waals surface area contributed by atoms with Crippen LogP contribution < -0.4 is 5.32 Å². The molecule has 0 radical (unpaired) electrons. The Balaban J connectivity index is 2.06. The minimum absolute atomic E-state index is 0.747. The van der Waals surface area contributed by atoms with E-state index in [-0.39, 0.29) is 0 Å². The van der Waals surface area contributed by atoms with Crippen molar-refractivity contribution in [3.63, 3.8) is 0 Å². The van der Waals surface area contributed by atoms with Crippen LogP contribution in [0.3, 0.4) is 0 Å². The van der Waals surface area contributed by atoms with Crippen molar-refractivity contribution in [1.82, 2.24) is 10.2 Å². The maximum Gasteiger partial charge on any atom is 0.0589 e. The van der Waals surface area contributed by atoms with Gasteiger partial charge in [-0.2, -0.15) is 0 Å². The molecule has 1 N–H and O–H groups in total. The molecule has 17 heavy (non-hydrogen) atoms. The number of hydrogen-bond donors (Lipinski definition) is 1. The number of ether oxygens (including phenoxy) is 1. The van der Waals surface area contributed by atoms with Crippen LogP contribution in [0.4, 0.5) is 0 Å². The molecule has 0 aromatic rings. The molecule has 102 valence electrons. The normalized spacial score (nSPS) is 29.8. The van der Waals surface area contributed by atoms with Crippen molar-refractivity contribution in [2.24, 2.45) is 11.8 Å². The molecule has 1 fully saturated rings. The van der Waals surface area contributed by atoms with Crippen LogP contribution in [0.5, 0.6) is 0 Å². The minimum Gasteiger partial charge on any atom is -0.383 e. The third-order valence-corrected chi connectivity index (χ3v) is 4.20. The molecule has 0 amide bonds. The summed E-state index contributed by atoms with van der Waals surface area (Å²) in [4.78, 5) is 2.32. The van der Waals surface area contributed by atoms with Gasteiger partial charge in [-0.15, -0.1) is 0 Å². The van der Waals surface area contributed by atoms with E-state index in [1.54, 1.807) is 7.11 Å². The Kier molecular flexibility index (Phi) is 7.09. The Hall–Kier alpha value is -0.120. The summed E-state index contributed by atoms with van der Waals surface area (Å²) >= 11 is 0. The second-order valence-corrected chi connectivity index (χ2v) is 5.71. The van der Waals surface area contributed by atoms with E-state index in [1.165, 1.54) is 19.3 Å². The van der Waals surface area contributed by atoms with Crippen molar-refractivity contribution in [3.8, 4) is 0 Å². The first-order valence-electron chi connectivity index (χ1n) is 7.04. The standard InChI is InChI=1S/C14H30N2O/c1-12-5-6-14(11-13(12)2)15-7-8-16(3)9-10-17-4/h12-15H,5-11H2,1-4H3. The average molecular weight is 242 g/mol. The number of nitrogens with zero attached hydrogens (tertiary/aromatic N) is 1. The molecule has 3 unspecified atom stereocenters. The molecule has 1 aliphatic rings. The molecule has 1 aliphatic carbocycles. The van der Waals surface area contributed by atoms with E-state index in [2.05, 4.69) is 31.1 Å². The van der Waals surface area contributed by atoms with E-state index in [9.17, 15) is 0 Å². The summed E-state index contributed by atoms with van der Waals surface area (Å²) in [6.07, 6.45) is 4.09. The molecule has 0 bridgehead atoms. The highest BCUT2D eigenvalue weighted by molar-refractivity contribution is 4.79. The van der Waals surface area contributed by atoms with Crippen molar-refractivity contribution in [2.45, 2.75) is 39.2 Å². The average Bonchev–Trinajstić information content (AvgIpc) is 2.31. The summed E-state index contributed by atoms with van der Waals surface area (Å²) in [5.74, 6) is 1.80. The fraction of sp³-hybridized carbons (Fsp3) is 1.00. The monoisotopic (exact) mass is 242 g/mol. The van der Waals surface area contributed by atoms with Crippen LogP contribution in [0.25, 0.3) is 0 Å². The zero-order chi connectivity index (χ0) is 12.7. The van der Waals surface area contributed by atoms with Crippen molar-refractivity contribution in [2.75, 3.05) is 40.4 Å². The van der Waals surface area contributed by atoms with Gasteiger partial charge >= 0.3 is 0 Å². The van der Waals surface area contributed by atoms with Crippen molar-refractivity contribution >= 4 is 0 Å². The minimum atomic E-state index is 0.747. The summed E-state index contributed by atoms with van der Waals surface area (Å²) in [5.41, 5.74) is 0. The second kappa shape index (κ2) is 8.06. The van der Waals surface area contributed by atoms with Gasteiger partial charge in [-0.3, -0.25) is 0 Å². The van der Waals surface area contributed by atoms with Gasteiger partial charge in [0.05, 0.1) is 6.61 Å². The van der Waals surface area contributed by atoms with Crippen LogP contribution in [-0.2, 0) is 4.74 Å². The van der Waals surface area contributed by atoms with E-state index in [0.29, 0.717) is 0 Å². The lowest BCUT2D eigenvalue weighted by Crippen LogP contribution is -2.40. The highest BCUT2D eigenvalue weighted by Crippen LogP contribution is 2.29. The van der Waals surface area contributed by atoms with Crippen LogP contribution in [0.15, 0.2) is 0 Å². The Labute approximate surface area is 107 Å². The third-order valence-electron chi connectivity index (χ3n) is 4.20. The van der Waals surface area contributed by atoms with Crippen molar-refractivity contribution in [3.05, 3.63) is 0 Å². The summed E-state index contributed by atoms with van der Waals surface area (Å²) in [7, 11) is 3.92. The third kappa shape index (κ3) is 5.84. The van der Waals surface area contributed by atoms with Crippen molar-refractivity contribution in [1.29, 1.82) is 0 Å². The summed E-state index contributed by atoms with van der Waals surface area (Å²) in [6, 6.07) is 0.747. The van der Waals surface area contributed by atoms with Gasteiger partial charge in [-0.25, -0.2) is 0 Å². The quantitative estimate of drug-likeness (QED) is 0.739. The number of hydrogen-bond acceptors (Lipinski definition) is 3. The molecule has 1 rings (SSSR count). The van der Waals surface area contributed by atoms with Crippen LogP contribution in [0, 0.1) is 11.8 Å². The Morgan fingerprint density at radius 2 is 1.94 bits per heavy atom. The topological polar surface area (TPSA) is 24.5 Å². The van der Waals surface area contributed by atoms with Crippen LogP contribution >= 0.6 is 0 Å². The van der Waals surface area contributed by atoms with Gasteiger partial charge in [0.1, 0.15) is 0 Å². The molecule has 3 heteroatoms. The number of methoxy groups -OCH3 is 1. The molecule has 0 saturated heterocycles. The van der Waals surface area contributed by atoms with Crippen LogP contribution in [-0.4, -0.2) is 51.3 Å². The van der Waals surface area contributed by atoms with Gasteiger partial charge in [0.2, 0.25) is 0 Å². The van der Waals surface area contributed by atoms with Crippen LogP contribution in [0.2, 0.25) is 0 Å². The summed E-state index contributed by atoms with van der Waals surface area (Å²) < 4.78 is 5.07. The van der Waals surface area contributed by atoms with Gasteiger partial charge in [-0.1, -0.05) is 13.8 Å². The molecule has 0 spiro atoms. The number of likely N-dealkylation sites (N-methyl/N-ethyl adjacent to an activating group) is 1. The van der Waals surface area contributed by atoms with Gasteiger partial charge in [0.15, 0.2) is 0 Å². The lowest BCUT2D eigenvalue weighted by Gasteiger charge is -2.33. The van der Waals surface area contributed by atoms with Crippen LogP contribution in [0.1, 0.15) is 33.1 Å². The number of nitrogens with one attached hydrogen (secondary N) is 1. The maximum atomic E-state index is 5.07. The first-order valence-corrected chi connectivity index (χ1v) is 7.04. The molecule has 3 nitrogen and oxygen atoms in total. The fourth-order valence-corrected chi connectivity index (χ4v) is 2.55. The first-order chi connectivity index (χ1) is 8.13. The van der Waals surface area contributed by atoms with Gasteiger partial charge in [-0.05, 0) is 38.1 Å². The summed E-state index contributed by atoms with van der Waals surface area (Å²) in [5, 5.41) is 3.70. The lowest BCUT2D eigenvalue weighted by molar-refractivity contribution is 0.159. The van der Waals surface area contributed by atoms with Gasteiger partial charge in [0.25, 0.3) is 0 Å². The van der Waals surface area contributed by atoms with Crippen molar-refractivity contribution < 1.29 is 4.74 Å². The molecule has 0 aromatic heterocycles. The SMILES string of the molecule is COCCN(C)CCNC1CCC(C)C(C)C1. The zero-order valence-electron chi connectivity index (χ0n) is 12.0. The van der Waals surface area contributed by atoms with E-state index >= 15 is 0 Å². The second-order valence-electron chi connectivity index (χ2n) is 5.71. The molecular weight excluding hydrogens is 212 g/mol. The molecular formula is C14H30N2O. The van der Waals surface area contributed by atoms with E-state index < -0.39 is 0 Å². The molecule has 3 atom stereocenters. The predicted octanol–water partition coefficient (Wildman–Crippen LogP) is 1.98. The smallest absolute Gasteiger partial charge is 0.0589 e. The van der Waals surface area contributed by atoms with E-state index in [1.807, 2.05) is 0 Å². The Morgan fingerprint density at radius 1 is 1.18 bits per heavy atom. The maximum absolute atomic E-state index is 5.07. The molecule has 0 aliphatic heterocycles. The van der Waals surface area contributed by atoms with E-state index in [4.69, 9.17) is 4.74 Å². The number of rotatable bonds is 7. The van der Waals surface area contributed by atoms with Gasteiger partial charge < -0.3 is 15.0 Å².